The number of fused-ring (bicyclic) bond motifs is 10. The fourth-order valence-corrected chi connectivity index (χ4v) is 9.37. The highest BCUT2D eigenvalue weighted by molar-refractivity contribution is 7.85. The van der Waals surface area contributed by atoms with Gasteiger partial charge in [-0.3, -0.25) is 14.4 Å². The minimum Gasteiger partial charge on any atom is -0.309 e. The summed E-state index contributed by atoms with van der Waals surface area (Å²) in [5.41, 5.74) is 5.54. The van der Waals surface area contributed by atoms with Crippen LogP contribution in [0.25, 0.3) is 60.2 Å². The summed E-state index contributed by atoms with van der Waals surface area (Å²) in [7, 11) is -3.42. The lowest BCUT2D eigenvalue weighted by Gasteiger charge is -2.22. The summed E-state index contributed by atoms with van der Waals surface area (Å²) in [6.07, 6.45) is 3.54. The first-order valence-electron chi connectivity index (χ1n) is 14.2. The van der Waals surface area contributed by atoms with Crippen LogP contribution in [0, 0.1) is 0 Å². The fourth-order valence-electron chi connectivity index (χ4n) is 6.53. The van der Waals surface area contributed by atoms with Crippen molar-refractivity contribution in [2.24, 2.45) is 0 Å². The highest BCUT2D eigenvalue weighted by Crippen LogP contribution is 2.46. The van der Waals surface area contributed by atoms with E-state index in [1.54, 1.807) is 12.4 Å². The van der Waals surface area contributed by atoms with Crippen LogP contribution in [0.3, 0.4) is 0 Å². The molecular formula is C37H23N4OP. The lowest BCUT2D eigenvalue weighted by Crippen LogP contribution is -2.26. The van der Waals surface area contributed by atoms with Crippen molar-refractivity contribution in [3.05, 3.63) is 140 Å². The topological polar surface area (TPSA) is 60.2 Å². The van der Waals surface area contributed by atoms with E-state index in [4.69, 9.17) is 4.98 Å². The van der Waals surface area contributed by atoms with E-state index in [1.165, 1.54) is 0 Å². The molecule has 0 aliphatic carbocycles. The molecule has 5 nitrogen and oxygen atoms in total. The van der Waals surface area contributed by atoms with E-state index in [1.807, 2.05) is 84.9 Å². The molecule has 5 aromatic carbocycles. The van der Waals surface area contributed by atoms with Crippen LogP contribution in [0.4, 0.5) is 0 Å². The first-order chi connectivity index (χ1) is 21.2. The second-order valence-electron chi connectivity index (χ2n) is 10.8. The highest BCUT2D eigenvalue weighted by atomic mass is 31.2. The molecule has 4 heterocycles. The van der Waals surface area contributed by atoms with E-state index in [0.29, 0.717) is 0 Å². The molecule has 0 fully saturated rings. The van der Waals surface area contributed by atoms with E-state index >= 15 is 4.57 Å². The van der Waals surface area contributed by atoms with E-state index in [-0.39, 0.29) is 0 Å². The summed E-state index contributed by atoms with van der Waals surface area (Å²) in [6.45, 7) is 0. The predicted molar refractivity (Wildman–Crippen MR) is 178 cm³/mol. The van der Waals surface area contributed by atoms with Gasteiger partial charge in [0, 0.05) is 49.9 Å². The molecule has 0 aliphatic rings. The summed E-state index contributed by atoms with van der Waals surface area (Å²) in [6, 6.07) is 42.6. The number of rotatable bonds is 3. The first kappa shape index (κ1) is 24.2. The SMILES string of the molecule is O=P(c1ccc2cccnc2c1)(c1ccc2c3ccccc3n3c4ccccc4nc3c2c1)c1ccnc2ccccc12. The number of nitrogens with zero attached hydrogens (tertiary/aromatic N) is 4. The van der Waals surface area contributed by atoms with Gasteiger partial charge in [-0.15, -0.1) is 0 Å². The molecule has 0 saturated carbocycles. The van der Waals surface area contributed by atoms with Gasteiger partial charge in [0.05, 0.1) is 27.6 Å². The van der Waals surface area contributed by atoms with Gasteiger partial charge >= 0.3 is 0 Å². The molecule has 0 N–H and O–H groups in total. The van der Waals surface area contributed by atoms with Crippen molar-refractivity contribution in [1.29, 1.82) is 0 Å². The summed E-state index contributed by atoms with van der Waals surface area (Å²) in [4.78, 5) is 14.3. The maximum absolute atomic E-state index is 16.0. The van der Waals surface area contributed by atoms with Crippen molar-refractivity contribution in [2.45, 2.75) is 0 Å². The van der Waals surface area contributed by atoms with Crippen molar-refractivity contribution in [2.75, 3.05) is 0 Å². The Kier molecular flexibility index (Phi) is 5.11. The van der Waals surface area contributed by atoms with E-state index in [0.717, 1.165) is 76.1 Å². The molecule has 0 radical (unpaired) electrons. The van der Waals surface area contributed by atoms with E-state index < -0.39 is 7.14 Å². The van der Waals surface area contributed by atoms with Crippen LogP contribution in [0.15, 0.2) is 140 Å². The lowest BCUT2D eigenvalue weighted by atomic mass is 10.1. The van der Waals surface area contributed by atoms with Gasteiger partial charge in [-0.2, -0.15) is 0 Å². The van der Waals surface area contributed by atoms with Gasteiger partial charge in [0.1, 0.15) is 5.65 Å². The summed E-state index contributed by atoms with van der Waals surface area (Å²) < 4.78 is 18.2. The quantitative estimate of drug-likeness (QED) is 0.163. The molecule has 9 aromatic rings. The molecule has 0 saturated heterocycles. The molecule has 9 rings (SSSR count). The Morgan fingerprint density at radius 1 is 0.512 bits per heavy atom. The molecule has 6 heteroatoms. The zero-order chi connectivity index (χ0) is 28.5. The number of para-hydroxylation sites is 4. The number of pyridine rings is 3. The number of hydrogen-bond acceptors (Lipinski definition) is 4. The lowest BCUT2D eigenvalue weighted by molar-refractivity contribution is 0.592. The number of benzene rings is 5. The maximum atomic E-state index is 16.0. The molecular weight excluding hydrogens is 547 g/mol. The third-order valence-corrected chi connectivity index (χ3v) is 11.6. The largest absolute Gasteiger partial charge is 0.309 e. The summed E-state index contributed by atoms with van der Waals surface area (Å²) in [5, 5.41) is 7.30. The van der Waals surface area contributed by atoms with Gasteiger partial charge in [0.2, 0.25) is 0 Å². The van der Waals surface area contributed by atoms with Crippen molar-refractivity contribution in [3.8, 4) is 0 Å². The molecule has 0 spiro atoms. The molecule has 4 aromatic heterocycles. The molecule has 1 atom stereocenters. The fraction of sp³-hybridized carbons (Fsp3) is 0. The van der Waals surface area contributed by atoms with Crippen LogP contribution < -0.4 is 15.9 Å². The third kappa shape index (κ3) is 3.46. The van der Waals surface area contributed by atoms with Crippen molar-refractivity contribution in [1.82, 2.24) is 19.4 Å². The minimum absolute atomic E-state index is 0.736. The Hall–Kier alpha value is -5.38. The van der Waals surface area contributed by atoms with Crippen LogP contribution in [0.5, 0.6) is 0 Å². The van der Waals surface area contributed by atoms with Crippen molar-refractivity contribution < 1.29 is 4.57 Å². The van der Waals surface area contributed by atoms with Crippen LogP contribution >= 0.6 is 7.14 Å². The van der Waals surface area contributed by atoms with Gasteiger partial charge in [-0.25, -0.2) is 4.98 Å². The Balaban J connectivity index is 1.43. The zero-order valence-corrected chi connectivity index (χ0v) is 23.8. The van der Waals surface area contributed by atoms with Gasteiger partial charge in [0.25, 0.3) is 0 Å². The average molecular weight is 571 g/mol. The zero-order valence-electron chi connectivity index (χ0n) is 22.9. The Morgan fingerprint density at radius 2 is 1.23 bits per heavy atom. The number of aromatic nitrogens is 4. The average Bonchev–Trinajstić information content (AvgIpc) is 3.47. The normalized spacial score (nSPS) is 13.4. The molecule has 0 bridgehead atoms. The molecule has 43 heavy (non-hydrogen) atoms. The smallest absolute Gasteiger partial charge is 0.171 e. The predicted octanol–water partition coefficient (Wildman–Crippen LogP) is 7.53. The van der Waals surface area contributed by atoms with E-state index in [2.05, 4.69) is 56.8 Å². The van der Waals surface area contributed by atoms with Crippen molar-refractivity contribution in [3.63, 3.8) is 0 Å². The minimum atomic E-state index is -3.42. The Bertz CT molecular complexity index is 2620. The van der Waals surface area contributed by atoms with Gasteiger partial charge in [0.15, 0.2) is 7.14 Å². The van der Waals surface area contributed by atoms with Crippen LogP contribution in [0.1, 0.15) is 0 Å². The second-order valence-corrected chi connectivity index (χ2v) is 13.6. The number of imidazole rings is 1. The molecule has 0 aliphatic heterocycles. The summed E-state index contributed by atoms with van der Waals surface area (Å²) in [5.74, 6) is 0. The van der Waals surface area contributed by atoms with Crippen molar-refractivity contribution >= 4 is 83.2 Å². The van der Waals surface area contributed by atoms with Gasteiger partial charge in [-0.1, -0.05) is 78.9 Å². The Labute approximate surface area is 246 Å². The van der Waals surface area contributed by atoms with Crippen LogP contribution in [-0.4, -0.2) is 19.4 Å². The van der Waals surface area contributed by atoms with Crippen LogP contribution in [-0.2, 0) is 4.57 Å². The first-order valence-corrected chi connectivity index (χ1v) is 15.9. The summed E-state index contributed by atoms with van der Waals surface area (Å²) >= 11 is 0. The second kappa shape index (κ2) is 9.06. The maximum Gasteiger partial charge on any atom is 0.171 e. The molecule has 202 valence electrons. The van der Waals surface area contributed by atoms with Gasteiger partial charge in [-0.05, 0) is 53.9 Å². The van der Waals surface area contributed by atoms with Crippen LogP contribution in [0.2, 0.25) is 0 Å². The Morgan fingerprint density at radius 3 is 2.14 bits per heavy atom. The third-order valence-electron chi connectivity index (χ3n) is 8.52. The standard InChI is InChI=1S/C37H23N4OP/c42-43(26-16-15-24-8-7-20-38-33(24)23-26,36-19-21-39-31-11-3-1-10-29(31)36)25-17-18-27-28-9-2-5-13-34(28)41-35-14-6-4-12-32(35)40-37(41)30(27)22-25/h1-23H. The monoisotopic (exact) mass is 570 g/mol. The number of hydrogen-bond donors (Lipinski definition) is 0. The van der Waals surface area contributed by atoms with Gasteiger partial charge < -0.3 is 4.57 Å². The highest BCUT2D eigenvalue weighted by Gasteiger charge is 2.33. The van der Waals surface area contributed by atoms with E-state index in [9.17, 15) is 0 Å². The molecule has 0 amide bonds. The molecule has 1 unspecified atom stereocenters.